The van der Waals surface area contributed by atoms with E-state index in [9.17, 15) is 27.6 Å². The van der Waals surface area contributed by atoms with Crippen LogP contribution in [0.1, 0.15) is 42.4 Å². The van der Waals surface area contributed by atoms with Crippen LogP contribution < -0.4 is 10.6 Å². The summed E-state index contributed by atoms with van der Waals surface area (Å²) < 4.78 is 48.0. The fourth-order valence-electron chi connectivity index (χ4n) is 8.32. The second-order valence-corrected chi connectivity index (χ2v) is 15.3. The number of fused-ring (bicyclic) bond motifs is 4. The largest absolute Gasteiger partial charge is 0.436 e. The van der Waals surface area contributed by atoms with E-state index in [1.165, 1.54) is 42.2 Å². The molecule has 2 atom stereocenters. The molecule has 1 unspecified atom stereocenters. The van der Waals surface area contributed by atoms with Crippen LogP contribution in [0.5, 0.6) is 0 Å². The molecular formula is C34H43ClF3N7O4S. The molecule has 5 fully saturated rings. The molecular weight excluding hydrogens is 695 g/mol. The lowest BCUT2D eigenvalue weighted by Crippen LogP contribution is -2.62. The summed E-state index contributed by atoms with van der Waals surface area (Å²) in [5.41, 5.74) is -0.0170. The molecule has 6 aliphatic heterocycles. The summed E-state index contributed by atoms with van der Waals surface area (Å²) in [5, 5.41) is 8.11. The van der Waals surface area contributed by atoms with Gasteiger partial charge in [0.05, 0.1) is 22.8 Å². The predicted octanol–water partition coefficient (Wildman–Crippen LogP) is 5.26. The Kier molecular flexibility index (Phi) is 10.1. The van der Waals surface area contributed by atoms with Gasteiger partial charge in [0.2, 0.25) is 0 Å². The van der Waals surface area contributed by atoms with Crippen LogP contribution in [0.25, 0.3) is 0 Å². The van der Waals surface area contributed by atoms with Crippen LogP contribution in [0.2, 0.25) is 5.02 Å². The minimum absolute atomic E-state index is 0.0781. The lowest BCUT2D eigenvalue weighted by Gasteiger charge is -2.51. The van der Waals surface area contributed by atoms with E-state index < -0.39 is 29.8 Å². The predicted molar refractivity (Wildman–Crippen MR) is 185 cm³/mol. The van der Waals surface area contributed by atoms with Crippen molar-refractivity contribution in [2.45, 2.75) is 63.0 Å². The highest BCUT2D eigenvalue weighted by Gasteiger charge is 2.41. The minimum Gasteiger partial charge on any atom is -0.436 e. The summed E-state index contributed by atoms with van der Waals surface area (Å²) in [6, 6.07) is 4.56. The number of ether oxygens (including phenoxy) is 1. The Morgan fingerprint density at radius 3 is 2.40 bits per heavy atom. The van der Waals surface area contributed by atoms with E-state index in [0.29, 0.717) is 70.6 Å². The molecule has 16 heteroatoms. The molecule has 2 aromatic rings. The highest BCUT2D eigenvalue weighted by molar-refractivity contribution is 7.14. The number of piperazine rings is 1. The Bertz CT molecular complexity index is 1590. The standard InChI is InChI=1S/C34H43ClF3N7O4S/c1-39-29-25(34(36,37)38)16-21(17-26(29)35)18-28(31(46)43-13-11-42(12-14-43)27-20-41-7-2-22(27)3-8-41)49-33(48)44-9-4-24(5-10-44)45-19-23-6-15-50-30(23)40-32(45)47/h6,15-17,22,24,27-28,39H,2-5,7-14,18-20H2,1H3,(H,40,47)/t27?,28-/m1/s1. The number of piperidine rings is 4. The number of hydrogen-bond donors (Lipinski definition) is 2. The summed E-state index contributed by atoms with van der Waals surface area (Å²) in [7, 11) is 1.36. The van der Waals surface area contributed by atoms with Crippen molar-refractivity contribution in [2.24, 2.45) is 5.92 Å². The zero-order chi connectivity index (χ0) is 35.2. The summed E-state index contributed by atoms with van der Waals surface area (Å²) in [6.07, 6.45) is -3.57. The third kappa shape index (κ3) is 7.24. The molecule has 0 aliphatic carbocycles. The Morgan fingerprint density at radius 1 is 1.04 bits per heavy atom. The fraction of sp³-hybridized carbons (Fsp3) is 0.618. The van der Waals surface area contributed by atoms with E-state index in [2.05, 4.69) is 20.4 Å². The zero-order valence-corrected chi connectivity index (χ0v) is 29.6. The highest BCUT2D eigenvalue weighted by atomic mass is 35.5. The van der Waals surface area contributed by atoms with Crippen molar-refractivity contribution in [2.75, 3.05) is 76.6 Å². The van der Waals surface area contributed by atoms with Crippen molar-refractivity contribution < 1.29 is 32.3 Å². The van der Waals surface area contributed by atoms with Crippen molar-refractivity contribution in [3.63, 3.8) is 0 Å². The smallest absolute Gasteiger partial charge is 0.418 e. The van der Waals surface area contributed by atoms with Gasteiger partial charge in [-0.05, 0) is 73.8 Å². The number of amides is 4. The lowest BCUT2D eigenvalue weighted by atomic mass is 9.83. The first-order chi connectivity index (χ1) is 24.0. The normalized spacial score (nSPS) is 25.3. The maximum Gasteiger partial charge on any atom is 0.418 e. The van der Waals surface area contributed by atoms with Crippen LogP contribution in [-0.4, -0.2) is 127 Å². The van der Waals surface area contributed by atoms with Crippen LogP contribution in [0.4, 0.5) is 33.4 Å². The number of benzene rings is 1. The van der Waals surface area contributed by atoms with E-state index in [1.54, 1.807) is 9.80 Å². The number of alkyl halides is 3. The second-order valence-electron chi connectivity index (χ2n) is 13.9. The molecule has 2 bridgehead atoms. The van der Waals surface area contributed by atoms with Gasteiger partial charge in [0.25, 0.3) is 5.91 Å². The molecule has 1 aromatic carbocycles. The van der Waals surface area contributed by atoms with Gasteiger partial charge in [-0.25, -0.2) is 9.59 Å². The fourth-order valence-corrected chi connectivity index (χ4v) is 9.46. The summed E-state index contributed by atoms with van der Waals surface area (Å²) in [5.74, 6) is 0.228. The van der Waals surface area contributed by atoms with Gasteiger partial charge in [-0.3, -0.25) is 15.0 Å². The van der Waals surface area contributed by atoms with Crippen LogP contribution in [-0.2, 0) is 28.7 Å². The van der Waals surface area contributed by atoms with Crippen molar-refractivity contribution >= 4 is 51.7 Å². The van der Waals surface area contributed by atoms with Gasteiger partial charge in [-0.2, -0.15) is 13.2 Å². The molecule has 272 valence electrons. The number of carbonyl (C=O) groups excluding carboxylic acids is 3. The Hall–Kier alpha value is -3.27. The number of carbonyl (C=O) groups is 3. The zero-order valence-electron chi connectivity index (χ0n) is 28.0. The minimum atomic E-state index is -4.69. The van der Waals surface area contributed by atoms with Crippen molar-refractivity contribution in [3.05, 3.63) is 45.3 Å². The molecule has 11 nitrogen and oxygen atoms in total. The Balaban J connectivity index is 1.04. The van der Waals surface area contributed by atoms with E-state index in [4.69, 9.17) is 16.3 Å². The number of likely N-dealkylation sites (tertiary alicyclic amines) is 1. The molecule has 8 rings (SSSR count). The Morgan fingerprint density at radius 2 is 1.76 bits per heavy atom. The molecule has 7 heterocycles. The third-order valence-electron chi connectivity index (χ3n) is 11.1. The lowest BCUT2D eigenvalue weighted by molar-refractivity contribution is -0.143. The van der Waals surface area contributed by atoms with E-state index in [-0.39, 0.29) is 34.8 Å². The molecule has 4 amide bonds. The molecule has 6 aliphatic rings. The number of hydrogen-bond acceptors (Lipinski definition) is 8. The molecule has 2 N–H and O–H groups in total. The number of anilines is 2. The van der Waals surface area contributed by atoms with Gasteiger partial charge in [0, 0.05) is 76.9 Å². The SMILES string of the molecule is CNc1c(Cl)cc(C[C@@H](OC(=O)N2CCC(N3Cc4ccsc4NC3=O)CC2)C(=O)N2CCN(C3CN4CCC3CC4)CC2)cc1C(F)(F)F. The third-order valence-corrected chi connectivity index (χ3v) is 12.3. The maximum atomic E-state index is 14.1. The van der Waals surface area contributed by atoms with Gasteiger partial charge in [-0.15, -0.1) is 11.3 Å². The number of halogens is 4. The van der Waals surface area contributed by atoms with E-state index in [0.717, 1.165) is 36.3 Å². The van der Waals surface area contributed by atoms with Crippen LogP contribution >= 0.6 is 22.9 Å². The molecule has 0 spiro atoms. The molecule has 0 radical (unpaired) electrons. The Labute approximate surface area is 298 Å². The van der Waals surface area contributed by atoms with E-state index >= 15 is 0 Å². The summed E-state index contributed by atoms with van der Waals surface area (Å²) >= 11 is 7.78. The average molecular weight is 738 g/mol. The monoisotopic (exact) mass is 737 g/mol. The van der Waals surface area contributed by atoms with Gasteiger partial charge >= 0.3 is 18.3 Å². The summed E-state index contributed by atoms with van der Waals surface area (Å²) in [4.78, 5) is 50.4. The highest BCUT2D eigenvalue weighted by Crippen LogP contribution is 2.40. The van der Waals surface area contributed by atoms with Crippen LogP contribution in [0.3, 0.4) is 0 Å². The molecule has 0 saturated carbocycles. The summed E-state index contributed by atoms with van der Waals surface area (Å²) in [6.45, 7) is 6.70. The first kappa shape index (κ1) is 35.1. The number of nitrogens with one attached hydrogen (secondary N) is 2. The van der Waals surface area contributed by atoms with Crippen LogP contribution in [0.15, 0.2) is 23.6 Å². The topological polar surface area (TPSA) is 101 Å². The number of rotatable bonds is 7. The number of nitrogens with zero attached hydrogens (tertiary/aromatic N) is 5. The van der Waals surface area contributed by atoms with Crippen molar-refractivity contribution in [1.82, 2.24) is 24.5 Å². The maximum absolute atomic E-state index is 14.1. The number of thiophene rings is 1. The van der Waals surface area contributed by atoms with Crippen molar-refractivity contribution in [1.29, 1.82) is 0 Å². The van der Waals surface area contributed by atoms with Gasteiger partial charge in [-0.1, -0.05) is 11.6 Å². The molecule has 1 aromatic heterocycles. The van der Waals surface area contributed by atoms with E-state index in [1.807, 2.05) is 11.4 Å². The second kappa shape index (κ2) is 14.4. The van der Waals surface area contributed by atoms with Gasteiger partial charge in [0.1, 0.15) is 5.00 Å². The first-order valence-corrected chi connectivity index (χ1v) is 18.7. The number of urea groups is 1. The average Bonchev–Trinajstić information content (AvgIpc) is 3.58. The quantitative estimate of drug-likeness (QED) is 0.400. The molecule has 50 heavy (non-hydrogen) atoms. The molecule has 5 saturated heterocycles. The van der Waals surface area contributed by atoms with Crippen molar-refractivity contribution in [3.8, 4) is 0 Å². The van der Waals surface area contributed by atoms with Gasteiger partial charge in [0.15, 0.2) is 6.10 Å². The first-order valence-electron chi connectivity index (χ1n) is 17.4. The van der Waals surface area contributed by atoms with Gasteiger partial charge < -0.3 is 29.7 Å². The van der Waals surface area contributed by atoms with Crippen LogP contribution in [0, 0.1) is 5.92 Å².